The molecule has 2 fully saturated rings. The first-order valence-corrected chi connectivity index (χ1v) is 12.8. The molecule has 0 saturated carbocycles. The minimum absolute atomic E-state index is 0.103. The largest absolute Gasteiger partial charge is 0.382 e. The number of amidine groups is 1. The highest BCUT2D eigenvalue weighted by molar-refractivity contribution is 7.90. The summed E-state index contributed by atoms with van der Waals surface area (Å²) < 4.78 is 41.5. The first kappa shape index (κ1) is 23.8. The zero-order valence-corrected chi connectivity index (χ0v) is 18.8. The fourth-order valence-corrected chi connectivity index (χ4v) is 6.66. The Kier molecular flexibility index (Phi) is 7.85. The van der Waals surface area contributed by atoms with Gasteiger partial charge in [-0.05, 0) is 50.4 Å². The van der Waals surface area contributed by atoms with Gasteiger partial charge in [0.1, 0.15) is 15.9 Å². The molecule has 2 aliphatic heterocycles. The van der Waals surface area contributed by atoms with Crippen molar-refractivity contribution in [2.75, 3.05) is 37.6 Å². The predicted molar refractivity (Wildman–Crippen MR) is 121 cm³/mol. The predicted octanol–water partition coefficient (Wildman–Crippen LogP) is -2.43. The van der Waals surface area contributed by atoms with E-state index in [-0.39, 0.29) is 27.2 Å². The number of hydrazine groups is 1. The molecule has 1 aromatic rings. The standard InChI is InChI=1S/C17H31N9O3S2/c18-9-11-4-7-26(8-5-11)13-1-2-14(31(28,29)24-12-3-6-22-10-12)16(30(21)27)15(13)17(19)23-25-20/h1-2,11-12,22,24-25H,3-10,18,20-21H2,(H2,19,23). The number of anilines is 1. The number of benzene rings is 1. The van der Waals surface area contributed by atoms with E-state index in [1.54, 1.807) is 6.07 Å². The third-order valence-electron chi connectivity index (χ3n) is 5.70. The van der Waals surface area contributed by atoms with Crippen LogP contribution in [0.3, 0.4) is 0 Å². The fraction of sp³-hybridized carbons (Fsp3) is 0.588. The van der Waals surface area contributed by atoms with Crippen molar-refractivity contribution >= 4 is 32.5 Å². The highest BCUT2D eigenvalue weighted by Crippen LogP contribution is 2.33. The lowest BCUT2D eigenvalue weighted by atomic mass is 9.96. The summed E-state index contributed by atoms with van der Waals surface area (Å²) >= 11 is 0. The molecule has 0 aromatic heterocycles. The summed E-state index contributed by atoms with van der Waals surface area (Å²) in [6.45, 7) is 3.22. The van der Waals surface area contributed by atoms with Crippen LogP contribution in [0, 0.1) is 5.92 Å². The van der Waals surface area contributed by atoms with Gasteiger partial charge in [-0.15, -0.1) is 5.10 Å². The molecule has 2 heterocycles. The van der Waals surface area contributed by atoms with Crippen LogP contribution in [0.5, 0.6) is 0 Å². The van der Waals surface area contributed by atoms with Crippen LogP contribution in [-0.2, 0) is 21.0 Å². The van der Waals surface area contributed by atoms with Crippen molar-refractivity contribution < 1.29 is 12.6 Å². The maximum absolute atomic E-state index is 13.1. The molecule has 2 unspecified atom stereocenters. The molecule has 31 heavy (non-hydrogen) atoms. The number of nitrogens with zero attached hydrogens (tertiary/aromatic N) is 2. The van der Waals surface area contributed by atoms with Crippen LogP contribution in [0.2, 0.25) is 0 Å². The van der Waals surface area contributed by atoms with Crippen LogP contribution in [0.15, 0.2) is 27.0 Å². The van der Waals surface area contributed by atoms with Gasteiger partial charge in [-0.2, -0.15) is 0 Å². The summed E-state index contributed by atoms with van der Waals surface area (Å²) in [6, 6.07) is 2.80. The zero-order chi connectivity index (χ0) is 22.6. The first-order chi connectivity index (χ1) is 14.8. The van der Waals surface area contributed by atoms with E-state index in [4.69, 9.17) is 22.4 Å². The first-order valence-electron chi connectivity index (χ1n) is 10.1. The number of sulfonamides is 1. The number of nitrogens with two attached hydrogens (primary N) is 4. The molecule has 0 spiro atoms. The van der Waals surface area contributed by atoms with Gasteiger partial charge in [0.2, 0.25) is 10.0 Å². The van der Waals surface area contributed by atoms with E-state index in [0.29, 0.717) is 50.7 Å². The monoisotopic (exact) mass is 473 g/mol. The van der Waals surface area contributed by atoms with Crippen LogP contribution in [0.4, 0.5) is 5.69 Å². The van der Waals surface area contributed by atoms with E-state index >= 15 is 0 Å². The molecular formula is C17H31N9O3S2. The number of nitrogens with one attached hydrogen (secondary N) is 3. The summed E-state index contributed by atoms with van der Waals surface area (Å²) in [5, 5.41) is 12.7. The summed E-state index contributed by atoms with van der Waals surface area (Å²) in [4.78, 5) is 1.75. The Labute approximate surface area is 184 Å². The van der Waals surface area contributed by atoms with Gasteiger partial charge in [0.05, 0.1) is 10.5 Å². The van der Waals surface area contributed by atoms with E-state index in [0.717, 1.165) is 12.8 Å². The normalized spacial score (nSPS) is 22.0. The molecule has 1 aromatic carbocycles. The lowest BCUT2D eigenvalue weighted by Gasteiger charge is -2.35. The third kappa shape index (κ3) is 5.34. The zero-order valence-electron chi connectivity index (χ0n) is 17.2. The summed E-state index contributed by atoms with van der Waals surface area (Å²) in [5.74, 6) is 5.62. The van der Waals surface area contributed by atoms with Crippen LogP contribution in [0.25, 0.3) is 0 Å². The van der Waals surface area contributed by atoms with Gasteiger partial charge in [0.15, 0.2) is 5.84 Å². The average molecular weight is 474 g/mol. The fourth-order valence-electron chi connectivity index (χ4n) is 4.05. The number of hydrogen-bond donors (Lipinski definition) is 7. The van der Waals surface area contributed by atoms with Gasteiger partial charge in [0, 0.05) is 31.4 Å². The molecule has 2 saturated heterocycles. The Bertz CT molecular complexity index is 940. The minimum Gasteiger partial charge on any atom is -0.382 e. The van der Waals surface area contributed by atoms with E-state index in [2.05, 4.69) is 20.7 Å². The second-order valence-electron chi connectivity index (χ2n) is 7.69. The van der Waals surface area contributed by atoms with Gasteiger partial charge in [-0.25, -0.2) is 33.9 Å². The summed E-state index contributed by atoms with van der Waals surface area (Å²) in [6.07, 6.45) is 2.40. The Morgan fingerprint density at radius 2 is 2.00 bits per heavy atom. The maximum Gasteiger partial charge on any atom is 0.242 e. The van der Waals surface area contributed by atoms with Crippen LogP contribution < -0.4 is 42.9 Å². The number of piperidine rings is 1. The van der Waals surface area contributed by atoms with Gasteiger partial charge in [0.25, 0.3) is 0 Å². The van der Waals surface area contributed by atoms with E-state index < -0.39 is 21.0 Å². The maximum atomic E-state index is 13.1. The summed E-state index contributed by atoms with van der Waals surface area (Å²) in [7, 11) is -6.17. The SMILES string of the molecule is NCC1CCN(c2ccc(S(=O)(=O)NC3CCNC3)c(S(N)=O)c2/C(N)=N/NN)CC1. The van der Waals surface area contributed by atoms with E-state index in [1.807, 2.05) is 4.90 Å². The Hall–Kier alpha value is -1.81. The number of rotatable bonds is 8. The second kappa shape index (κ2) is 10.2. The number of hydrazone groups is 1. The highest BCUT2D eigenvalue weighted by atomic mass is 32.2. The van der Waals surface area contributed by atoms with Crippen molar-refractivity contribution in [1.29, 1.82) is 0 Å². The quantitative estimate of drug-likeness (QED) is 0.0925. The molecule has 3 rings (SSSR count). The minimum atomic E-state index is -4.01. The van der Waals surface area contributed by atoms with Crippen molar-refractivity contribution in [1.82, 2.24) is 15.6 Å². The van der Waals surface area contributed by atoms with Gasteiger partial charge in [-0.3, -0.25) is 0 Å². The van der Waals surface area contributed by atoms with Crippen LogP contribution >= 0.6 is 0 Å². The third-order valence-corrected chi connectivity index (χ3v) is 8.22. The van der Waals surface area contributed by atoms with Crippen LogP contribution in [-0.4, -0.2) is 57.2 Å². The lowest BCUT2D eigenvalue weighted by Crippen LogP contribution is -2.39. The molecule has 0 amide bonds. The Morgan fingerprint density at radius 3 is 2.55 bits per heavy atom. The van der Waals surface area contributed by atoms with E-state index in [9.17, 15) is 12.6 Å². The molecule has 2 atom stereocenters. The highest BCUT2D eigenvalue weighted by Gasteiger charge is 2.32. The van der Waals surface area contributed by atoms with Gasteiger partial charge in [-0.1, -0.05) is 0 Å². The molecule has 0 aliphatic carbocycles. The topological polar surface area (TPSA) is 207 Å². The summed E-state index contributed by atoms with van der Waals surface area (Å²) in [5.41, 5.74) is 14.8. The van der Waals surface area contributed by atoms with Crippen molar-refractivity contribution in [2.45, 2.75) is 35.1 Å². The Balaban J connectivity index is 2.10. The van der Waals surface area contributed by atoms with Crippen molar-refractivity contribution in [3.8, 4) is 0 Å². The molecular weight excluding hydrogens is 442 g/mol. The molecule has 174 valence electrons. The molecule has 0 bridgehead atoms. The van der Waals surface area contributed by atoms with Crippen molar-refractivity contribution in [3.05, 3.63) is 17.7 Å². The molecule has 12 nitrogen and oxygen atoms in total. The number of hydrogen-bond acceptors (Lipinski definition) is 9. The van der Waals surface area contributed by atoms with Crippen molar-refractivity contribution in [2.24, 2.45) is 33.5 Å². The molecule has 2 aliphatic rings. The van der Waals surface area contributed by atoms with Crippen molar-refractivity contribution in [3.63, 3.8) is 0 Å². The second-order valence-corrected chi connectivity index (χ2v) is 10.4. The van der Waals surface area contributed by atoms with Gasteiger partial charge < -0.3 is 21.7 Å². The average Bonchev–Trinajstić information content (AvgIpc) is 3.25. The Morgan fingerprint density at radius 1 is 1.29 bits per heavy atom. The lowest BCUT2D eigenvalue weighted by molar-refractivity contribution is 0.414. The van der Waals surface area contributed by atoms with Gasteiger partial charge >= 0.3 is 0 Å². The molecule has 11 N–H and O–H groups in total. The van der Waals surface area contributed by atoms with E-state index in [1.165, 1.54) is 6.07 Å². The van der Waals surface area contributed by atoms with Crippen LogP contribution in [0.1, 0.15) is 24.8 Å². The smallest absolute Gasteiger partial charge is 0.242 e. The molecule has 0 radical (unpaired) electrons. The molecule has 14 heteroatoms.